The third-order valence-electron chi connectivity index (χ3n) is 12.6. The van der Waals surface area contributed by atoms with E-state index in [2.05, 4.69) is 224 Å². The highest BCUT2D eigenvalue weighted by atomic mass is 32.1. The van der Waals surface area contributed by atoms with Gasteiger partial charge in [-0.2, -0.15) is 0 Å². The van der Waals surface area contributed by atoms with Crippen LogP contribution in [0.2, 0.25) is 0 Å². The second-order valence-electron chi connectivity index (χ2n) is 16.0. The highest BCUT2D eigenvalue weighted by Crippen LogP contribution is 2.56. The fraction of sp³-hybridized carbons (Fsp3) is 0.0169. The number of benzene rings is 9. The average molecular weight is 807 g/mol. The van der Waals surface area contributed by atoms with Crippen molar-refractivity contribution in [1.82, 2.24) is 9.97 Å². The predicted molar refractivity (Wildman–Crippen MR) is 259 cm³/mol. The van der Waals surface area contributed by atoms with Crippen molar-refractivity contribution in [2.75, 3.05) is 0 Å². The van der Waals surface area contributed by atoms with Gasteiger partial charge in [-0.3, -0.25) is 0 Å². The molecule has 12 rings (SSSR count). The molecule has 2 aromatic heterocycles. The van der Waals surface area contributed by atoms with Crippen LogP contribution >= 0.6 is 11.3 Å². The lowest BCUT2D eigenvalue weighted by Gasteiger charge is -2.33. The molecule has 0 saturated heterocycles. The first-order valence-electron chi connectivity index (χ1n) is 21.1. The van der Waals surface area contributed by atoms with Crippen molar-refractivity contribution >= 4 is 31.5 Å². The van der Waals surface area contributed by atoms with E-state index in [1.54, 1.807) is 0 Å². The van der Waals surface area contributed by atoms with Gasteiger partial charge in [0.15, 0.2) is 5.82 Å². The Bertz CT molecular complexity index is 3420. The molecule has 290 valence electrons. The number of nitrogens with zero attached hydrogens (tertiary/aromatic N) is 2. The Hall–Kier alpha value is -7.72. The first-order chi connectivity index (χ1) is 30.7. The van der Waals surface area contributed by atoms with Crippen LogP contribution in [-0.2, 0) is 5.41 Å². The molecule has 0 saturated carbocycles. The monoisotopic (exact) mass is 806 g/mol. The molecule has 0 unspecified atom stereocenters. The van der Waals surface area contributed by atoms with E-state index in [1.165, 1.54) is 59.1 Å². The molecular weight excluding hydrogens is 769 g/mol. The molecule has 0 amide bonds. The Kier molecular flexibility index (Phi) is 8.62. The molecular formula is C59H38N2S. The molecule has 3 heteroatoms. The zero-order valence-electron chi connectivity index (χ0n) is 33.7. The van der Waals surface area contributed by atoms with Gasteiger partial charge in [0.05, 0.1) is 16.8 Å². The van der Waals surface area contributed by atoms with Crippen LogP contribution in [0.1, 0.15) is 22.3 Å². The molecule has 9 aromatic carbocycles. The zero-order valence-corrected chi connectivity index (χ0v) is 34.6. The van der Waals surface area contributed by atoms with E-state index in [0.29, 0.717) is 5.82 Å². The summed E-state index contributed by atoms with van der Waals surface area (Å²) in [5.41, 5.74) is 16.8. The van der Waals surface area contributed by atoms with Gasteiger partial charge in [-0.05, 0) is 74.3 Å². The number of hydrogen-bond donors (Lipinski definition) is 0. The van der Waals surface area contributed by atoms with Crippen LogP contribution in [0, 0.1) is 0 Å². The van der Waals surface area contributed by atoms with Gasteiger partial charge >= 0.3 is 0 Å². The SMILES string of the molecule is c1ccc(-c2nc(-c3cccc(-c4ccc5c(c4)-c4ccccc4C5(c4ccccc4)c4ccccc4)c3)cc(-c3ccccc3-c3cccc4c3sc3ccccc34)n2)cc1. The van der Waals surface area contributed by atoms with Crippen molar-refractivity contribution in [3.05, 3.63) is 253 Å². The van der Waals surface area contributed by atoms with Gasteiger partial charge in [0, 0.05) is 42.4 Å². The largest absolute Gasteiger partial charge is 0.228 e. The minimum atomic E-state index is -0.432. The molecule has 2 heterocycles. The third-order valence-corrected chi connectivity index (χ3v) is 13.8. The predicted octanol–water partition coefficient (Wildman–Crippen LogP) is 15.5. The number of hydrogen-bond acceptors (Lipinski definition) is 3. The quantitative estimate of drug-likeness (QED) is 0.160. The van der Waals surface area contributed by atoms with E-state index in [1.807, 2.05) is 17.4 Å². The minimum absolute atomic E-state index is 0.432. The lowest BCUT2D eigenvalue weighted by molar-refractivity contribution is 0.768. The van der Waals surface area contributed by atoms with Crippen molar-refractivity contribution in [2.24, 2.45) is 0 Å². The first-order valence-corrected chi connectivity index (χ1v) is 22.0. The number of fused-ring (bicyclic) bond motifs is 6. The van der Waals surface area contributed by atoms with E-state index in [9.17, 15) is 0 Å². The molecule has 0 N–H and O–H groups in total. The van der Waals surface area contributed by atoms with Crippen molar-refractivity contribution in [3.63, 3.8) is 0 Å². The third kappa shape index (κ3) is 5.78. The highest BCUT2D eigenvalue weighted by molar-refractivity contribution is 7.26. The maximum absolute atomic E-state index is 5.31. The molecule has 0 fully saturated rings. The molecule has 0 atom stereocenters. The summed E-state index contributed by atoms with van der Waals surface area (Å²) in [7, 11) is 0. The van der Waals surface area contributed by atoms with Crippen LogP contribution in [0.15, 0.2) is 231 Å². The van der Waals surface area contributed by atoms with E-state index >= 15 is 0 Å². The summed E-state index contributed by atoms with van der Waals surface area (Å²) in [4.78, 5) is 10.6. The highest BCUT2D eigenvalue weighted by Gasteiger charge is 2.46. The van der Waals surface area contributed by atoms with Crippen LogP contribution in [0.4, 0.5) is 0 Å². The lowest BCUT2D eigenvalue weighted by Crippen LogP contribution is -2.28. The fourth-order valence-corrected chi connectivity index (χ4v) is 11.1. The van der Waals surface area contributed by atoms with Crippen LogP contribution in [0.3, 0.4) is 0 Å². The van der Waals surface area contributed by atoms with Gasteiger partial charge in [-0.15, -0.1) is 11.3 Å². The Labute approximate surface area is 365 Å². The molecule has 0 spiro atoms. The summed E-state index contributed by atoms with van der Waals surface area (Å²) in [6, 6.07) is 83.4. The summed E-state index contributed by atoms with van der Waals surface area (Å²) in [5, 5.41) is 2.57. The molecule has 1 aliphatic rings. The standard InChI is InChI=1S/C59H38N2S/c1-4-18-39(19-5-1)58-60-54(38-55(61-58)47-28-11-10-26-45(47)49-30-17-31-50-48-29-13-15-33-56(48)62-57(49)50)42-21-16-20-40(36-42)41-34-35-53-51(37-41)46-27-12-14-32-52(46)59(53,43-22-6-2-7-23-43)44-24-8-3-9-25-44/h1-38H. The lowest BCUT2D eigenvalue weighted by atomic mass is 9.67. The van der Waals surface area contributed by atoms with Gasteiger partial charge in [0.1, 0.15) is 0 Å². The van der Waals surface area contributed by atoms with E-state index in [-0.39, 0.29) is 0 Å². The normalized spacial score (nSPS) is 12.6. The molecule has 1 aliphatic carbocycles. The van der Waals surface area contributed by atoms with Crippen LogP contribution in [0.5, 0.6) is 0 Å². The molecule has 11 aromatic rings. The van der Waals surface area contributed by atoms with E-state index in [4.69, 9.17) is 9.97 Å². The summed E-state index contributed by atoms with van der Waals surface area (Å²) >= 11 is 1.85. The first kappa shape index (κ1) is 36.2. The van der Waals surface area contributed by atoms with Crippen molar-refractivity contribution in [1.29, 1.82) is 0 Å². The van der Waals surface area contributed by atoms with Crippen molar-refractivity contribution in [2.45, 2.75) is 5.41 Å². The molecule has 0 aliphatic heterocycles. The number of thiophene rings is 1. The van der Waals surface area contributed by atoms with Crippen LogP contribution in [-0.4, -0.2) is 9.97 Å². The molecule has 0 bridgehead atoms. The minimum Gasteiger partial charge on any atom is -0.228 e. The zero-order chi connectivity index (χ0) is 41.0. The fourth-order valence-electron chi connectivity index (χ4n) is 9.84. The second kappa shape index (κ2) is 14.8. The van der Waals surface area contributed by atoms with Crippen molar-refractivity contribution in [3.8, 4) is 67.3 Å². The van der Waals surface area contributed by atoms with E-state index in [0.717, 1.165) is 44.8 Å². The van der Waals surface area contributed by atoms with Gasteiger partial charge in [0.2, 0.25) is 0 Å². The van der Waals surface area contributed by atoms with Gasteiger partial charge in [-0.1, -0.05) is 206 Å². The smallest absolute Gasteiger partial charge is 0.160 e. The maximum atomic E-state index is 5.31. The average Bonchev–Trinajstić information content (AvgIpc) is 3.89. The Morgan fingerprint density at radius 3 is 1.66 bits per heavy atom. The van der Waals surface area contributed by atoms with E-state index < -0.39 is 5.41 Å². The Balaban J connectivity index is 1.01. The Morgan fingerprint density at radius 2 is 0.871 bits per heavy atom. The maximum Gasteiger partial charge on any atom is 0.160 e. The van der Waals surface area contributed by atoms with Gasteiger partial charge in [-0.25, -0.2) is 9.97 Å². The van der Waals surface area contributed by atoms with Gasteiger partial charge in [0.25, 0.3) is 0 Å². The molecule has 62 heavy (non-hydrogen) atoms. The van der Waals surface area contributed by atoms with Gasteiger partial charge < -0.3 is 0 Å². The molecule has 0 radical (unpaired) electrons. The van der Waals surface area contributed by atoms with Crippen LogP contribution < -0.4 is 0 Å². The topological polar surface area (TPSA) is 25.8 Å². The second-order valence-corrected chi connectivity index (χ2v) is 17.1. The molecule has 2 nitrogen and oxygen atoms in total. The summed E-state index contributed by atoms with van der Waals surface area (Å²) < 4.78 is 2.58. The van der Waals surface area contributed by atoms with Crippen molar-refractivity contribution < 1.29 is 0 Å². The number of rotatable bonds is 7. The Morgan fingerprint density at radius 1 is 0.323 bits per heavy atom. The summed E-state index contributed by atoms with van der Waals surface area (Å²) in [5.74, 6) is 0.700. The van der Waals surface area contributed by atoms with Crippen LogP contribution in [0.25, 0.3) is 87.5 Å². The summed E-state index contributed by atoms with van der Waals surface area (Å²) in [6.45, 7) is 0. The summed E-state index contributed by atoms with van der Waals surface area (Å²) in [6.07, 6.45) is 0. The number of aromatic nitrogens is 2.